The summed E-state index contributed by atoms with van der Waals surface area (Å²) in [5.74, 6) is 1.73. The van der Waals surface area contributed by atoms with Crippen LogP contribution < -0.4 is 15.4 Å². The SMILES string of the molecule is CCC(CC)NC(=O)COc1cccc(-c2nc3c(c(Nc4ccc(-c5cn[nH]c5)cc4)n2)COC3)c1. The van der Waals surface area contributed by atoms with Crippen molar-refractivity contribution in [3.8, 4) is 28.3 Å². The van der Waals surface area contributed by atoms with Gasteiger partial charge in [-0.1, -0.05) is 38.1 Å². The van der Waals surface area contributed by atoms with E-state index in [1.165, 1.54) is 0 Å². The molecular formula is C28H30N6O3. The number of carbonyl (C=O) groups excluding carboxylic acids is 1. The number of hydrogen-bond donors (Lipinski definition) is 3. The van der Waals surface area contributed by atoms with Crippen molar-refractivity contribution in [2.75, 3.05) is 11.9 Å². The van der Waals surface area contributed by atoms with E-state index in [4.69, 9.17) is 19.4 Å². The van der Waals surface area contributed by atoms with E-state index in [1.54, 1.807) is 6.20 Å². The van der Waals surface area contributed by atoms with Crippen LogP contribution in [0.3, 0.4) is 0 Å². The summed E-state index contributed by atoms with van der Waals surface area (Å²) in [4.78, 5) is 21.8. The number of fused-ring (bicyclic) bond motifs is 1. The number of benzene rings is 2. The molecule has 190 valence electrons. The summed E-state index contributed by atoms with van der Waals surface area (Å²) in [6, 6.07) is 15.7. The Kier molecular flexibility index (Phi) is 7.41. The third kappa shape index (κ3) is 5.78. The molecule has 1 aliphatic rings. The van der Waals surface area contributed by atoms with Crippen LogP contribution in [0.4, 0.5) is 11.5 Å². The summed E-state index contributed by atoms with van der Waals surface area (Å²) in [7, 11) is 0. The molecule has 0 radical (unpaired) electrons. The lowest BCUT2D eigenvalue weighted by Crippen LogP contribution is -2.37. The van der Waals surface area contributed by atoms with Gasteiger partial charge in [-0.3, -0.25) is 9.89 Å². The highest BCUT2D eigenvalue weighted by Gasteiger charge is 2.21. The monoisotopic (exact) mass is 498 g/mol. The molecule has 0 spiro atoms. The Labute approximate surface area is 215 Å². The normalized spacial score (nSPS) is 12.4. The smallest absolute Gasteiger partial charge is 0.258 e. The molecule has 0 unspecified atom stereocenters. The Hall–Kier alpha value is -4.24. The Morgan fingerprint density at radius 2 is 1.89 bits per heavy atom. The quantitative estimate of drug-likeness (QED) is 0.282. The highest BCUT2D eigenvalue weighted by Crippen LogP contribution is 2.31. The van der Waals surface area contributed by atoms with Crippen LogP contribution in [0.15, 0.2) is 60.9 Å². The van der Waals surface area contributed by atoms with Gasteiger partial charge in [0.25, 0.3) is 5.91 Å². The third-order valence-corrected chi connectivity index (χ3v) is 6.37. The van der Waals surface area contributed by atoms with Gasteiger partial charge in [0.05, 0.1) is 25.1 Å². The molecule has 2 aromatic heterocycles. The van der Waals surface area contributed by atoms with Crippen LogP contribution in [0.1, 0.15) is 37.9 Å². The molecule has 0 saturated heterocycles. The lowest BCUT2D eigenvalue weighted by atomic mass is 10.1. The van der Waals surface area contributed by atoms with E-state index in [9.17, 15) is 4.79 Å². The number of nitrogens with zero attached hydrogens (tertiary/aromatic N) is 3. The predicted molar refractivity (Wildman–Crippen MR) is 141 cm³/mol. The molecule has 0 saturated carbocycles. The van der Waals surface area contributed by atoms with Crippen LogP contribution in [-0.2, 0) is 22.7 Å². The fourth-order valence-corrected chi connectivity index (χ4v) is 4.21. The summed E-state index contributed by atoms with van der Waals surface area (Å²) in [6.45, 7) is 4.96. The van der Waals surface area contributed by atoms with Crippen molar-refractivity contribution in [1.29, 1.82) is 0 Å². The molecule has 3 N–H and O–H groups in total. The van der Waals surface area contributed by atoms with Crippen LogP contribution in [0.5, 0.6) is 5.75 Å². The maximum atomic E-state index is 12.2. The summed E-state index contributed by atoms with van der Waals surface area (Å²) < 4.78 is 11.4. The zero-order chi connectivity index (χ0) is 25.6. The lowest BCUT2D eigenvalue weighted by molar-refractivity contribution is -0.123. The maximum Gasteiger partial charge on any atom is 0.258 e. The molecule has 3 heterocycles. The average molecular weight is 499 g/mol. The molecule has 0 fully saturated rings. The van der Waals surface area contributed by atoms with Crippen LogP contribution in [0.2, 0.25) is 0 Å². The van der Waals surface area contributed by atoms with Crippen LogP contribution in [0.25, 0.3) is 22.5 Å². The van der Waals surface area contributed by atoms with Gasteiger partial charge in [-0.05, 0) is 42.7 Å². The van der Waals surface area contributed by atoms with Crippen LogP contribution in [-0.4, -0.2) is 38.7 Å². The van der Waals surface area contributed by atoms with Crippen molar-refractivity contribution in [2.45, 2.75) is 45.9 Å². The minimum Gasteiger partial charge on any atom is -0.484 e. The zero-order valence-corrected chi connectivity index (χ0v) is 21.0. The number of ether oxygens (including phenoxy) is 2. The minimum absolute atomic E-state index is 0.0412. The Morgan fingerprint density at radius 3 is 2.65 bits per heavy atom. The average Bonchev–Trinajstić information content (AvgIpc) is 3.64. The fraction of sp³-hybridized carbons (Fsp3) is 0.286. The maximum absolute atomic E-state index is 12.2. The van der Waals surface area contributed by atoms with Crippen molar-refractivity contribution < 1.29 is 14.3 Å². The van der Waals surface area contributed by atoms with Crippen molar-refractivity contribution in [3.63, 3.8) is 0 Å². The Morgan fingerprint density at radius 1 is 1.05 bits per heavy atom. The highest BCUT2D eigenvalue weighted by atomic mass is 16.5. The van der Waals surface area contributed by atoms with Gasteiger partial charge in [-0.15, -0.1) is 0 Å². The fourth-order valence-electron chi connectivity index (χ4n) is 4.21. The van der Waals surface area contributed by atoms with Crippen molar-refractivity contribution >= 4 is 17.4 Å². The number of carbonyl (C=O) groups is 1. The van der Waals surface area contributed by atoms with Gasteiger partial charge in [-0.25, -0.2) is 9.97 Å². The molecule has 9 heteroatoms. The molecule has 0 bridgehead atoms. The number of aromatic amines is 1. The van der Waals surface area contributed by atoms with Gasteiger partial charge >= 0.3 is 0 Å². The summed E-state index contributed by atoms with van der Waals surface area (Å²) in [6.07, 6.45) is 5.44. The lowest BCUT2D eigenvalue weighted by Gasteiger charge is -2.15. The molecule has 37 heavy (non-hydrogen) atoms. The first-order valence-corrected chi connectivity index (χ1v) is 12.5. The van der Waals surface area contributed by atoms with Crippen LogP contribution >= 0.6 is 0 Å². The number of H-pyrrole nitrogens is 1. The first-order valence-electron chi connectivity index (χ1n) is 12.5. The van der Waals surface area contributed by atoms with Gasteiger partial charge in [-0.2, -0.15) is 5.10 Å². The number of anilines is 2. The van der Waals surface area contributed by atoms with Gasteiger partial charge in [0.15, 0.2) is 12.4 Å². The van der Waals surface area contributed by atoms with Crippen molar-refractivity contribution in [2.24, 2.45) is 0 Å². The molecule has 1 aliphatic heterocycles. The molecule has 5 rings (SSSR count). The number of rotatable bonds is 10. The molecule has 1 amide bonds. The Bertz CT molecular complexity index is 1350. The Balaban J connectivity index is 1.33. The summed E-state index contributed by atoms with van der Waals surface area (Å²) in [5, 5.41) is 13.3. The van der Waals surface area contributed by atoms with Crippen molar-refractivity contribution in [1.82, 2.24) is 25.5 Å². The van der Waals surface area contributed by atoms with Gasteiger partial charge < -0.3 is 20.1 Å². The second kappa shape index (κ2) is 11.2. The summed E-state index contributed by atoms with van der Waals surface area (Å²) >= 11 is 0. The second-order valence-electron chi connectivity index (χ2n) is 8.90. The third-order valence-electron chi connectivity index (χ3n) is 6.37. The molecule has 4 aromatic rings. The molecule has 0 aliphatic carbocycles. The van der Waals surface area contributed by atoms with Gasteiger partial charge in [0.2, 0.25) is 0 Å². The second-order valence-corrected chi connectivity index (χ2v) is 8.90. The van der Waals surface area contributed by atoms with Gasteiger partial charge in [0, 0.05) is 34.6 Å². The zero-order valence-electron chi connectivity index (χ0n) is 21.0. The molecule has 9 nitrogen and oxygen atoms in total. The van der Waals surface area contributed by atoms with Crippen LogP contribution in [0, 0.1) is 0 Å². The number of hydrogen-bond acceptors (Lipinski definition) is 7. The number of nitrogens with one attached hydrogen (secondary N) is 3. The summed E-state index contributed by atoms with van der Waals surface area (Å²) in [5.41, 5.74) is 5.62. The van der Waals surface area contributed by atoms with Gasteiger partial charge in [0.1, 0.15) is 11.6 Å². The first kappa shape index (κ1) is 24.5. The molecule has 0 atom stereocenters. The highest BCUT2D eigenvalue weighted by molar-refractivity contribution is 5.78. The van der Waals surface area contributed by atoms with Crippen molar-refractivity contribution in [3.05, 3.63) is 72.2 Å². The number of aromatic nitrogens is 4. The molecular weight excluding hydrogens is 468 g/mol. The largest absolute Gasteiger partial charge is 0.484 e. The topological polar surface area (TPSA) is 114 Å². The van der Waals surface area contributed by atoms with E-state index in [-0.39, 0.29) is 18.6 Å². The van der Waals surface area contributed by atoms with E-state index in [0.29, 0.717) is 30.6 Å². The van der Waals surface area contributed by atoms with E-state index in [0.717, 1.165) is 46.5 Å². The number of amides is 1. The first-order chi connectivity index (χ1) is 18.1. The van der Waals surface area contributed by atoms with E-state index >= 15 is 0 Å². The van der Waals surface area contributed by atoms with E-state index in [1.807, 2.05) is 54.7 Å². The van der Waals surface area contributed by atoms with E-state index in [2.05, 4.69) is 34.7 Å². The predicted octanol–water partition coefficient (Wildman–Crippen LogP) is 4.99. The molecule has 2 aromatic carbocycles. The van der Waals surface area contributed by atoms with E-state index < -0.39 is 0 Å². The standard InChI is InChI=1S/C28H30N6O3/c1-3-21(4-2)31-26(35)17-37-23-7-5-6-19(12-23)27-33-25-16-36-15-24(25)28(34-27)32-22-10-8-18(9-11-22)20-13-29-30-14-20/h5-14,21H,3-4,15-17H2,1-2H3,(H,29,30)(H,31,35)(H,32,33,34). The minimum atomic E-state index is -0.129.